The molecule has 1 saturated carbocycles. The summed E-state index contributed by atoms with van der Waals surface area (Å²) < 4.78 is 4.61. The molecule has 0 amide bonds. The third-order valence-corrected chi connectivity index (χ3v) is 3.42. The van der Waals surface area contributed by atoms with E-state index in [1.54, 1.807) is 0 Å². The molecule has 0 atom stereocenters. The van der Waals surface area contributed by atoms with Crippen molar-refractivity contribution in [3.8, 4) is 0 Å². The first-order valence-corrected chi connectivity index (χ1v) is 6.06. The van der Waals surface area contributed by atoms with Gasteiger partial charge in [0.15, 0.2) is 0 Å². The lowest BCUT2D eigenvalue weighted by Crippen LogP contribution is -2.13. The van der Waals surface area contributed by atoms with Gasteiger partial charge in [0.25, 0.3) is 5.69 Å². The number of carbonyl (C=O) groups is 1. The zero-order valence-electron chi connectivity index (χ0n) is 10.9. The van der Waals surface area contributed by atoms with Crippen molar-refractivity contribution in [2.24, 2.45) is 5.41 Å². The van der Waals surface area contributed by atoms with Gasteiger partial charge in [-0.2, -0.15) is 0 Å². The van der Waals surface area contributed by atoms with Crippen molar-refractivity contribution >= 4 is 17.3 Å². The molecule has 102 valence electrons. The van der Waals surface area contributed by atoms with E-state index in [1.165, 1.54) is 25.3 Å². The zero-order chi connectivity index (χ0) is 14.0. The summed E-state index contributed by atoms with van der Waals surface area (Å²) in [6, 6.07) is 4.19. The van der Waals surface area contributed by atoms with Gasteiger partial charge in [0.1, 0.15) is 5.69 Å². The molecule has 6 nitrogen and oxygen atoms in total. The number of methoxy groups -OCH3 is 1. The molecule has 1 aromatic carbocycles. The fourth-order valence-corrected chi connectivity index (χ4v) is 1.78. The van der Waals surface area contributed by atoms with Gasteiger partial charge < -0.3 is 10.1 Å². The highest BCUT2D eigenvalue weighted by molar-refractivity contribution is 5.91. The Morgan fingerprint density at radius 2 is 2.21 bits per heavy atom. The molecule has 19 heavy (non-hydrogen) atoms. The molecule has 0 radical (unpaired) electrons. The maximum Gasteiger partial charge on any atom is 0.337 e. The molecule has 0 heterocycles. The predicted octanol–water partition coefficient (Wildman–Crippen LogP) is 2.59. The second kappa shape index (κ2) is 4.87. The molecule has 0 bridgehead atoms. The van der Waals surface area contributed by atoms with Crippen LogP contribution in [0.25, 0.3) is 0 Å². The minimum atomic E-state index is -0.504. The monoisotopic (exact) mass is 264 g/mol. The first-order chi connectivity index (χ1) is 8.95. The molecule has 0 unspecified atom stereocenters. The summed E-state index contributed by atoms with van der Waals surface area (Å²) in [5.74, 6) is -0.504. The standard InChI is InChI=1S/C13H16N2O4/c1-13(5-6-13)8-14-10-7-9(12(16)19-2)3-4-11(10)15(17)18/h3-4,7,14H,5-6,8H2,1-2H3. The molecule has 0 spiro atoms. The molecule has 2 rings (SSSR count). The van der Waals surface area contributed by atoms with Gasteiger partial charge in [-0.15, -0.1) is 0 Å². The molecule has 0 aliphatic heterocycles. The van der Waals surface area contributed by atoms with Gasteiger partial charge in [-0.1, -0.05) is 6.92 Å². The topological polar surface area (TPSA) is 81.5 Å². The summed E-state index contributed by atoms with van der Waals surface area (Å²) in [4.78, 5) is 21.9. The van der Waals surface area contributed by atoms with Crippen molar-refractivity contribution in [1.82, 2.24) is 0 Å². The Hall–Kier alpha value is -2.11. The highest BCUT2D eigenvalue weighted by Gasteiger charge is 2.37. The number of nitro groups is 1. The van der Waals surface area contributed by atoms with Crippen LogP contribution in [0.3, 0.4) is 0 Å². The average Bonchev–Trinajstić information content (AvgIpc) is 3.13. The van der Waals surface area contributed by atoms with E-state index in [9.17, 15) is 14.9 Å². The average molecular weight is 264 g/mol. The maximum absolute atomic E-state index is 11.4. The van der Waals surface area contributed by atoms with Gasteiger partial charge >= 0.3 is 5.97 Å². The van der Waals surface area contributed by atoms with Crippen LogP contribution in [0.2, 0.25) is 0 Å². The molecule has 1 fully saturated rings. The van der Waals surface area contributed by atoms with Gasteiger partial charge in [-0.3, -0.25) is 10.1 Å². The SMILES string of the molecule is COC(=O)c1ccc([N+](=O)[O-])c(NCC2(C)CC2)c1. The van der Waals surface area contributed by atoms with Crippen molar-refractivity contribution in [1.29, 1.82) is 0 Å². The Bertz CT molecular complexity index is 523. The number of anilines is 1. The number of hydrogen-bond donors (Lipinski definition) is 1. The number of rotatable bonds is 5. The number of nitro benzene ring substituents is 1. The van der Waals surface area contributed by atoms with Crippen LogP contribution in [0.1, 0.15) is 30.1 Å². The van der Waals surface area contributed by atoms with Gasteiger partial charge in [0.05, 0.1) is 17.6 Å². The number of nitrogens with zero attached hydrogens (tertiary/aromatic N) is 1. The molecule has 1 aromatic rings. The zero-order valence-corrected chi connectivity index (χ0v) is 10.9. The normalized spacial score (nSPS) is 15.7. The maximum atomic E-state index is 11.4. The van der Waals surface area contributed by atoms with E-state index in [1.807, 2.05) is 0 Å². The summed E-state index contributed by atoms with van der Waals surface area (Å²) in [5, 5.41) is 14.0. The first kappa shape index (κ1) is 13.3. The highest BCUT2D eigenvalue weighted by Crippen LogP contribution is 2.45. The molecular formula is C13H16N2O4. The molecule has 0 saturated heterocycles. The number of nitrogens with one attached hydrogen (secondary N) is 1. The van der Waals surface area contributed by atoms with Gasteiger partial charge in [0.2, 0.25) is 0 Å². The van der Waals surface area contributed by atoms with Crippen LogP contribution in [0.4, 0.5) is 11.4 Å². The summed E-state index contributed by atoms with van der Waals surface area (Å²) >= 11 is 0. The highest BCUT2D eigenvalue weighted by atomic mass is 16.6. The van der Waals surface area contributed by atoms with Crippen molar-refractivity contribution in [2.45, 2.75) is 19.8 Å². The second-order valence-corrected chi connectivity index (χ2v) is 5.14. The summed E-state index contributed by atoms with van der Waals surface area (Å²) in [5.41, 5.74) is 0.851. The largest absolute Gasteiger partial charge is 0.465 e. The van der Waals surface area contributed by atoms with Crippen LogP contribution < -0.4 is 5.32 Å². The number of esters is 1. The summed E-state index contributed by atoms with van der Waals surface area (Å²) in [7, 11) is 1.28. The van der Waals surface area contributed by atoms with Crippen molar-refractivity contribution in [2.75, 3.05) is 19.0 Å². The number of carbonyl (C=O) groups excluding carboxylic acids is 1. The Labute approximate surface area is 110 Å². The molecular weight excluding hydrogens is 248 g/mol. The number of ether oxygens (including phenoxy) is 1. The lowest BCUT2D eigenvalue weighted by Gasteiger charge is -2.12. The predicted molar refractivity (Wildman–Crippen MR) is 70.3 cm³/mol. The van der Waals surface area contributed by atoms with Gasteiger partial charge in [-0.05, 0) is 30.4 Å². The summed E-state index contributed by atoms with van der Waals surface area (Å²) in [6.45, 7) is 2.79. The fourth-order valence-electron chi connectivity index (χ4n) is 1.78. The van der Waals surface area contributed by atoms with Crippen LogP contribution in [-0.2, 0) is 4.74 Å². The number of hydrogen-bond acceptors (Lipinski definition) is 5. The van der Waals surface area contributed by atoms with E-state index in [0.29, 0.717) is 17.8 Å². The van der Waals surface area contributed by atoms with E-state index in [4.69, 9.17) is 0 Å². The molecule has 1 aliphatic carbocycles. The first-order valence-electron chi connectivity index (χ1n) is 6.06. The van der Waals surface area contributed by atoms with Crippen LogP contribution in [0.5, 0.6) is 0 Å². The van der Waals surface area contributed by atoms with Crippen LogP contribution in [-0.4, -0.2) is 24.5 Å². The number of benzene rings is 1. The summed E-state index contributed by atoms with van der Waals surface area (Å²) in [6.07, 6.45) is 2.23. The Morgan fingerprint density at radius 1 is 1.53 bits per heavy atom. The third kappa shape index (κ3) is 3.01. The van der Waals surface area contributed by atoms with E-state index < -0.39 is 10.9 Å². The van der Waals surface area contributed by atoms with E-state index >= 15 is 0 Å². The minimum absolute atomic E-state index is 0.0306. The minimum Gasteiger partial charge on any atom is -0.465 e. The van der Waals surface area contributed by atoms with Gasteiger partial charge in [-0.25, -0.2) is 4.79 Å². The lowest BCUT2D eigenvalue weighted by atomic mass is 10.1. The Morgan fingerprint density at radius 3 is 2.74 bits per heavy atom. The third-order valence-electron chi connectivity index (χ3n) is 3.42. The van der Waals surface area contributed by atoms with E-state index in [-0.39, 0.29) is 11.1 Å². The quantitative estimate of drug-likeness (QED) is 0.502. The van der Waals surface area contributed by atoms with E-state index in [0.717, 1.165) is 12.8 Å². The van der Waals surface area contributed by atoms with Crippen molar-refractivity contribution < 1.29 is 14.5 Å². The Kier molecular flexibility index (Phi) is 3.42. The Balaban J connectivity index is 2.24. The van der Waals surface area contributed by atoms with Crippen LogP contribution in [0.15, 0.2) is 18.2 Å². The van der Waals surface area contributed by atoms with Gasteiger partial charge in [0, 0.05) is 12.6 Å². The van der Waals surface area contributed by atoms with Crippen LogP contribution >= 0.6 is 0 Å². The molecule has 1 aliphatic rings. The molecule has 0 aromatic heterocycles. The van der Waals surface area contributed by atoms with Crippen molar-refractivity contribution in [3.63, 3.8) is 0 Å². The van der Waals surface area contributed by atoms with Crippen molar-refractivity contribution in [3.05, 3.63) is 33.9 Å². The fraction of sp³-hybridized carbons (Fsp3) is 0.462. The molecule has 6 heteroatoms. The smallest absolute Gasteiger partial charge is 0.337 e. The van der Waals surface area contributed by atoms with Crippen LogP contribution in [0, 0.1) is 15.5 Å². The molecule has 1 N–H and O–H groups in total. The second-order valence-electron chi connectivity index (χ2n) is 5.14. The van der Waals surface area contributed by atoms with E-state index in [2.05, 4.69) is 17.0 Å². The lowest BCUT2D eigenvalue weighted by molar-refractivity contribution is -0.384.